The Labute approximate surface area is 145 Å². The molecule has 0 fully saturated rings. The first kappa shape index (κ1) is 14.9. The third-order valence-electron chi connectivity index (χ3n) is 4.14. The van der Waals surface area contributed by atoms with E-state index >= 15 is 0 Å². The number of benzene rings is 2. The Balaban J connectivity index is 1.82. The molecule has 0 spiro atoms. The van der Waals surface area contributed by atoms with Crippen LogP contribution in [0.5, 0.6) is 0 Å². The maximum atomic E-state index is 9.67. The van der Waals surface area contributed by atoms with Crippen LogP contribution in [0.15, 0.2) is 67.1 Å². The second-order valence-corrected chi connectivity index (χ2v) is 5.70. The van der Waals surface area contributed by atoms with E-state index in [1.807, 2.05) is 54.7 Å². The predicted molar refractivity (Wildman–Crippen MR) is 97.8 cm³/mol. The predicted octanol–water partition coefficient (Wildman–Crippen LogP) is 4.11. The number of aromatic amines is 1. The van der Waals surface area contributed by atoms with Gasteiger partial charge in [-0.15, -0.1) is 0 Å². The maximum absolute atomic E-state index is 9.67. The maximum Gasteiger partial charge on any atom is 0.101 e. The lowest BCUT2D eigenvalue weighted by atomic mass is 9.96. The zero-order valence-corrected chi connectivity index (χ0v) is 13.4. The van der Waals surface area contributed by atoms with Crippen molar-refractivity contribution in [2.75, 3.05) is 5.32 Å². The van der Waals surface area contributed by atoms with Gasteiger partial charge in [-0.3, -0.25) is 10.1 Å². The Morgan fingerprint density at radius 1 is 1.08 bits per heavy atom. The molecule has 5 heteroatoms. The highest BCUT2D eigenvalue weighted by Gasteiger charge is 2.15. The van der Waals surface area contributed by atoms with Gasteiger partial charge in [-0.05, 0) is 23.3 Å². The van der Waals surface area contributed by atoms with Crippen molar-refractivity contribution in [2.24, 2.45) is 0 Å². The van der Waals surface area contributed by atoms with E-state index < -0.39 is 0 Å². The molecular weight excluding hydrogens is 310 g/mol. The van der Waals surface area contributed by atoms with Crippen LogP contribution in [0, 0.1) is 11.3 Å². The van der Waals surface area contributed by atoms with Crippen LogP contribution in [0.2, 0.25) is 0 Å². The molecule has 4 aromatic rings. The molecule has 25 heavy (non-hydrogen) atoms. The summed E-state index contributed by atoms with van der Waals surface area (Å²) in [4.78, 5) is 4.14. The number of nitrogens with one attached hydrogen (secondary N) is 2. The van der Waals surface area contributed by atoms with E-state index in [0.29, 0.717) is 12.1 Å². The van der Waals surface area contributed by atoms with E-state index in [-0.39, 0.29) is 0 Å². The van der Waals surface area contributed by atoms with Gasteiger partial charge < -0.3 is 5.32 Å². The highest BCUT2D eigenvalue weighted by Crippen LogP contribution is 2.34. The summed E-state index contributed by atoms with van der Waals surface area (Å²) in [6.45, 7) is 0.641. The fourth-order valence-corrected chi connectivity index (χ4v) is 2.92. The number of fused-ring (bicyclic) bond motifs is 1. The minimum absolute atomic E-state index is 0.627. The average molecular weight is 325 g/mol. The van der Waals surface area contributed by atoms with Crippen molar-refractivity contribution < 1.29 is 0 Å². The van der Waals surface area contributed by atoms with Crippen molar-refractivity contribution in [3.05, 3.63) is 78.2 Å². The monoisotopic (exact) mass is 325 g/mol. The molecule has 0 atom stereocenters. The van der Waals surface area contributed by atoms with Crippen molar-refractivity contribution >= 4 is 16.6 Å². The van der Waals surface area contributed by atoms with Crippen LogP contribution in [-0.2, 0) is 6.54 Å². The molecule has 4 rings (SSSR count). The van der Waals surface area contributed by atoms with Gasteiger partial charge in [0, 0.05) is 29.9 Å². The first-order valence-corrected chi connectivity index (χ1v) is 7.95. The second kappa shape index (κ2) is 6.46. The van der Waals surface area contributed by atoms with E-state index in [1.165, 1.54) is 0 Å². The molecule has 0 saturated carbocycles. The minimum atomic E-state index is 0.627. The Kier molecular flexibility index (Phi) is 3.85. The van der Waals surface area contributed by atoms with E-state index in [0.717, 1.165) is 33.3 Å². The number of nitriles is 1. The van der Waals surface area contributed by atoms with Crippen molar-refractivity contribution in [1.29, 1.82) is 5.26 Å². The number of anilines is 1. The van der Waals surface area contributed by atoms with Crippen LogP contribution in [0.25, 0.3) is 22.0 Å². The standard InChI is InChI=1S/C20H15N5/c21-10-17-16(15-6-2-1-3-7-15)9-19(20-18(17)13-24-25-20)23-12-14-5-4-8-22-11-14/h1-9,11,13,23H,12H2,(H,24,25). The van der Waals surface area contributed by atoms with Crippen LogP contribution in [0.1, 0.15) is 11.1 Å². The lowest BCUT2D eigenvalue weighted by Crippen LogP contribution is -2.01. The topological polar surface area (TPSA) is 77.4 Å². The summed E-state index contributed by atoms with van der Waals surface area (Å²) in [5, 5.41) is 21.1. The summed E-state index contributed by atoms with van der Waals surface area (Å²) >= 11 is 0. The molecule has 120 valence electrons. The molecule has 2 N–H and O–H groups in total. The summed E-state index contributed by atoms with van der Waals surface area (Å²) in [7, 11) is 0. The lowest BCUT2D eigenvalue weighted by molar-refractivity contribution is 1.10. The highest BCUT2D eigenvalue weighted by molar-refractivity contribution is 6.00. The van der Waals surface area contributed by atoms with Crippen LogP contribution in [-0.4, -0.2) is 15.2 Å². The van der Waals surface area contributed by atoms with Gasteiger partial charge >= 0.3 is 0 Å². The van der Waals surface area contributed by atoms with Gasteiger partial charge in [0.1, 0.15) is 6.07 Å². The van der Waals surface area contributed by atoms with Gasteiger partial charge in [0.25, 0.3) is 0 Å². The molecule has 5 nitrogen and oxygen atoms in total. The molecular formula is C20H15N5. The van der Waals surface area contributed by atoms with Crippen LogP contribution in [0.3, 0.4) is 0 Å². The summed E-state index contributed by atoms with van der Waals surface area (Å²) < 4.78 is 0. The Morgan fingerprint density at radius 3 is 2.72 bits per heavy atom. The third kappa shape index (κ3) is 2.81. The molecule has 0 aliphatic rings. The molecule has 2 aromatic carbocycles. The third-order valence-corrected chi connectivity index (χ3v) is 4.14. The SMILES string of the molecule is N#Cc1c(-c2ccccc2)cc(NCc2cccnc2)c2[nH]ncc12. The second-order valence-electron chi connectivity index (χ2n) is 5.70. The number of H-pyrrole nitrogens is 1. The summed E-state index contributed by atoms with van der Waals surface area (Å²) in [5.41, 5.74) is 5.36. The largest absolute Gasteiger partial charge is 0.379 e. The Hall–Kier alpha value is -3.65. The van der Waals surface area contributed by atoms with Gasteiger partial charge in [0.05, 0.1) is 23.0 Å². The molecule has 2 heterocycles. The van der Waals surface area contributed by atoms with E-state index in [9.17, 15) is 5.26 Å². The lowest BCUT2D eigenvalue weighted by Gasteiger charge is -2.12. The number of pyridine rings is 1. The fraction of sp³-hybridized carbons (Fsp3) is 0.0500. The number of hydrogen-bond donors (Lipinski definition) is 2. The van der Waals surface area contributed by atoms with Crippen LogP contribution in [0.4, 0.5) is 5.69 Å². The zero-order chi connectivity index (χ0) is 17.1. The number of rotatable bonds is 4. The van der Waals surface area contributed by atoms with Gasteiger partial charge in [-0.2, -0.15) is 10.4 Å². The number of nitrogens with zero attached hydrogens (tertiary/aromatic N) is 3. The summed E-state index contributed by atoms with van der Waals surface area (Å²) in [5.74, 6) is 0. The average Bonchev–Trinajstić information content (AvgIpc) is 3.17. The normalized spacial score (nSPS) is 10.5. The molecule has 0 saturated heterocycles. The zero-order valence-electron chi connectivity index (χ0n) is 13.4. The Morgan fingerprint density at radius 2 is 1.96 bits per heavy atom. The molecule has 0 aliphatic carbocycles. The first-order chi connectivity index (χ1) is 12.4. The molecule has 0 unspecified atom stereocenters. The van der Waals surface area contributed by atoms with Crippen molar-refractivity contribution in [3.8, 4) is 17.2 Å². The van der Waals surface area contributed by atoms with Crippen molar-refractivity contribution in [3.63, 3.8) is 0 Å². The van der Waals surface area contributed by atoms with E-state index in [4.69, 9.17) is 0 Å². The fourth-order valence-electron chi connectivity index (χ4n) is 2.92. The minimum Gasteiger partial charge on any atom is -0.379 e. The van der Waals surface area contributed by atoms with E-state index in [2.05, 4.69) is 26.6 Å². The molecule has 0 bridgehead atoms. The van der Waals surface area contributed by atoms with Gasteiger partial charge in [-0.1, -0.05) is 36.4 Å². The van der Waals surface area contributed by atoms with Gasteiger partial charge in [-0.25, -0.2) is 0 Å². The number of aromatic nitrogens is 3. The molecule has 0 radical (unpaired) electrons. The van der Waals surface area contributed by atoms with E-state index in [1.54, 1.807) is 12.4 Å². The highest BCUT2D eigenvalue weighted by atomic mass is 15.1. The number of hydrogen-bond acceptors (Lipinski definition) is 4. The van der Waals surface area contributed by atoms with Crippen LogP contribution < -0.4 is 5.32 Å². The van der Waals surface area contributed by atoms with Crippen LogP contribution >= 0.6 is 0 Å². The summed E-state index contributed by atoms with van der Waals surface area (Å²) in [6.07, 6.45) is 5.29. The van der Waals surface area contributed by atoms with Crippen molar-refractivity contribution in [1.82, 2.24) is 15.2 Å². The van der Waals surface area contributed by atoms with Gasteiger partial charge in [0.15, 0.2) is 0 Å². The quantitative estimate of drug-likeness (QED) is 0.592. The molecule has 2 aromatic heterocycles. The van der Waals surface area contributed by atoms with Crippen molar-refractivity contribution in [2.45, 2.75) is 6.54 Å². The molecule has 0 amide bonds. The first-order valence-electron chi connectivity index (χ1n) is 7.95. The molecule has 0 aliphatic heterocycles. The summed E-state index contributed by atoms with van der Waals surface area (Å²) in [6, 6.07) is 18.2. The Bertz CT molecular complexity index is 1050. The van der Waals surface area contributed by atoms with Gasteiger partial charge in [0.2, 0.25) is 0 Å². The smallest absolute Gasteiger partial charge is 0.101 e.